The third-order valence-corrected chi connectivity index (χ3v) is 3.50. The third-order valence-electron chi connectivity index (χ3n) is 3.50. The Morgan fingerprint density at radius 3 is 2.31 bits per heavy atom. The van der Waals surface area contributed by atoms with Crippen LogP contribution in [0.5, 0.6) is 0 Å². The number of rotatable bonds is 6. The Bertz CT molecular complexity index is 137. The van der Waals surface area contributed by atoms with Gasteiger partial charge in [0.1, 0.15) is 0 Å². The minimum absolute atomic E-state index is 0.885. The van der Waals surface area contributed by atoms with Crippen LogP contribution in [0.15, 0.2) is 0 Å². The van der Waals surface area contributed by atoms with E-state index in [0.717, 1.165) is 23.7 Å². The van der Waals surface area contributed by atoms with Crippen molar-refractivity contribution in [1.29, 1.82) is 0 Å². The normalized spacial score (nSPS) is 29.3. The van der Waals surface area contributed by atoms with Gasteiger partial charge in [-0.2, -0.15) is 0 Å². The maximum atomic E-state index is 2.42. The molecule has 0 saturated heterocycles. The van der Waals surface area contributed by atoms with Crippen molar-refractivity contribution < 1.29 is 0 Å². The summed E-state index contributed by atoms with van der Waals surface area (Å²) in [5, 5.41) is 0. The smallest absolute Gasteiger partial charge is 0.0383 e. The van der Waals surface area contributed by atoms with Gasteiger partial charge in [-0.15, -0.1) is 0 Å². The van der Waals surface area contributed by atoms with Crippen LogP contribution in [0, 0.1) is 23.7 Å². The van der Waals surface area contributed by atoms with Crippen LogP contribution in [0.2, 0.25) is 0 Å². The minimum atomic E-state index is 0.885. The fourth-order valence-corrected chi connectivity index (χ4v) is 2.59. The van der Waals surface area contributed by atoms with E-state index in [0.29, 0.717) is 0 Å². The summed E-state index contributed by atoms with van der Waals surface area (Å²) < 4.78 is 0. The Labute approximate surface area is 84.1 Å². The van der Waals surface area contributed by atoms with Gasteiger partial charge < -0.3 is 0 Å². The fraction of sp³-hybridized carbons (Fsp3) is 1.00. The predicted molar refractivity (Wildman–Crippen MR) is 59.7 cm³/mol. The van der Waals surface area contributed by atoms with Crippen molar-refractivity contribution in [3.63, 3.8) is 0 Å². The number of hydrogen-bond acceptors (Lipinski definition) is 0. The summed E-state index contributed by atoms with van der Waals surface area (Å²) >= 11 is 0. The molecular weight excluding hydrogens is 156 g/mol. The zero-order valence-electron chi connectivity index (χ0n) is 9.84. The van der Waals surface area contributed by atoms with E-state index < -0.39 is 0 Å². The first-order valence-corrected chi connectivity index (χ1v) is 6.13. The van der Waals surface area contributed by atoms with Gasteiger partial charge in [0.25, 0.3) is 0 Å². The molecule has 1 rings (SSSR count). The SMILES string of the molecule is CCC1CC1CCC(C)CC(C)C. The van der Waals surface area contributed by atoms with E-state index in [9.17, 15) is 0 Å². The van der Waals surface area contributed by atoms with Crippen LogP contribution in [0.1, 0.15) is 59.8 Å². The Morgan fingerprint density at radius 1 is 1.15 bits per heavy atom. The molecule has 0 aliphatic heterocycles. The average molecular weight is 182 g/mol. The van der Waals surface area contributed by atoms with Gasteiger partial charge in [-0.25, -0.2) is 0 Å². The first kappa shape index (κ1) is 11.1. The highest BCUT2D eigenvalue weighted by molar-refractivity contribution is 4.85. The monoisotopic (exact) mass is 182 g/mol. The van der Waals surface area contributed by atoms with Crippen LogP contribution in [0.3, 0.4) is 0 Å². The Morgan fingerprint density at radius 2 is 1.85 bits per heavy atom. The molecule has 78 valence electrons. The van der Waals surface area contributed by atoms with Crippen LogP contribution in [-0.2, 0) is 0 Å². The molecule has 3 atom stereocenters. The van der Waals surface area contributed by atoms with Crippen molar-refractivity contribution in [3.05, 3.63) is 0 Å². The molecular formula is C13H26. The lowest BCUT2D eigenvalue weighted by Crippen LogP contribution is -2.00. The van der Waals surface area contributed by atoms with E-state index in [1.165, 1.54) is 32.1 Å². The molecule has 0 spiro atoms. The van der Waals surface area contributed by atoms with Crippen molar-refractivity contribution in [3.8, 4) is 0 Å². The Hall–Kier alpha value is 0. The summed E-state index contributed by atoms with van der Waals surface area (Å²) in [6, 6.07) is 0. The molecule has 0 aromatic rings. The predicted octanol–water partition coefficient (Wildman–Crippen LogP) is 4.49. The van der Waals surface area contributed by atoms with Crippen molar-refractivity contribution in [2.24, 2.45) is 23.7 Å². The highest BCUT2D eigenvalue weighted by Crippen LogP contribution is 2.44. The summed E-state index contributed by atoms with van der Waals surface area (Å²) in [5.41, 5.74) is 0. The van der Waals surface area contributed by atoms with E-state index >= 15 is 0 Å². The van der Waals surface area contributed by atoms with E-state index in [4.69, 9.17) is 0 Å². The van der Waals surface area contributed by atoms with Gasteiger partial charge in [0.05, 0.1) is 0 Å². The molecule has 1 aliphatic rings. The molecule has 0 N–H and O–H groups in total. The van der Waals surface area contributed by atoms with Gasteiger partial charge in [-0.05, 0) is 42.9 Å². The lowest BCUT2D eigenvalue weighted by Gasteiger charge is -2.13. The second-order valence-corrected chi connectivity index (χ2v) is 5.48. The average Bonchev–Trinajstić information content (AvgIpc) is 2.78. The second-order valence-electron chi connectivity index (χ2n) is 5.48. The molecule has 0 bridgehead atoms. The van der Waals surface area contributed by atoms with Crippen LogP contribution in [0.25, 0.3) is 0 Å². The molecule has 13 heavy (non-hydrogen) atoms. The van der Waals surface area contributed by atoms with Gasteiger partial charge >= 0.3 is 0 Å². The zero-order chi connectivity index (χ0) is 9.84. The van der Waals surface area contributed by atoms with E-state index in [2.05, 4.69) is 27.7 Å². The quantitative estimate of drug-likeness (QED) is 0.567. The molecule has 3 unspecified atom stereocenters. The molecule has 0 amide bonds. The summed E-state index contributed by atoms with van der Waals surface area (Å²) in [5.74, 6) is 4.06. The Kier molecular flexibility index (Phi) is 4.28. The van der Waals surface area contributed by atoms with Gasteiger partial charge in [0.15, 0.2) is 0 Å². The standard InChI is InChI=1S/C13H26/c1-5-12-9-13(12)7-6-11(4)8-10(2)3/h10-13H,5-9H2,1-4H3. The topological polar surface area (TPSA) is 0 Å². The highest BCUT2D eigenvalue weighted by atomic mass is 14.4. The van der Waals surface area contributed by atoms with E-state index in [-0.39, 0.29) is 0 Å². The lowest BCUT2D eigenvalue weighted by molar-refractivity contribution is 0.392. The number of hydrogen-bond donors (Lipinski definition) is 0. The molecule has 1 fully saturated rings. The maximum Gasteiger partial charge on any atom is -0.0383 e. The van der Waals surface area contributed by atoms with Crippen LogP contribution < -0.4 is 0 Å². The van der Waals surface area contributed by atoms with Crippen molar-refractivity contribution in [2.45, 2.75) is 59.8 Å². The molecule has 0 heteroatoms. The summed E-state index contributed by atoms with van der Waals surface area (Å²) in [4.78, 5) is 0. The highest BCUT2D eigenvalue weighted by Gasteiger charge is 2.34. The van der Waals surface area contributed by atoms with Crippen LogP contribution >= 0.6 is 0 Å². The van der Waals surface area contributed by atoms with Gasteiger partial charge in [0.2, 0.25) is 0 Å². The van der Waals surface area contributed by atoms with Crippen molar-refractivity contribution >= 4 is 0 Å². The molecule has 0 nitrogen and oxygen atoms in total. The van der Waals surface area contributed by atoms with E-state index in [1.54, 1.807) is 0 Å². The molecule has 0 heterocycles. The van der Waals surface area contributed by atoms with E-state index in [1.807, 2.05) is 0 Å². The van der Waals surface area contributed by atoms with Crippen molar-refractivity contribution in [2.75, 3.05) is 0 Å². The van der Waals surface area contributed by atoms with Crippen molar-refractivity contribution in [1.82, 2.24) is 0 Å². The summed E-state index contributed by atoms with van der Waals surface area (Å²) in [7, 11) is 0. The maximum absolute atomic E-state index is 2.42. The van der Waals surface area contributed by atoms with Gasteiger partial charge in [0, 0.05) is 0 Å². The molecule has 0 radical (unpaired) electrons. The Balaban J connectivity index is 1.99. The second kappa shape index (κ2) is 5.02. The van der Waals surface area contributed by atoms with Crippen LogP contribution in [0.4, 0.5) is 0 Å². The molecule has 1 aliphatic carbocycles. The first-order valence-electron chi connectivity index (χ1n) is 6.13. The van der Waals surface area contributed by atoms with Crippen LogP contribution in [-0.4, -0.2) is 0 Å². The lowest BCUT2D eigenvalue weighted by atomic mass is 9.93. The molecule has 0 aromatic heterocycles. The third kappa shape index (κ3) is 4.15. The molecule has 1 saturated carbocycles. The summed E-state index contributed by atoms with van der Waals surface area (Å²) in [6.07, 6.45) is 7.35. The first-order chi connectivity index (χ1) is 6.13. The fourth-order valence-electron chi connectivity index (χ4n) is 2.59. The van der Waals surface area contributed by atoms with Gasteiger partial charge in [-0.3, -0.25) is 0 Å². The largest absolute Gasteiger partial charge is 0.0651 e. The van der Waals surface area contributed by atoms with Gasteiger partial charge in [-0.1, -0.05) is 40.5 Å². The minimum Gasteiger partial charge on any atom is -0.0651 e. The molecule has 0 aromatic carbocycles. The zero-order valence-corrected chi connectivity index (χ0v) is 9.84. The summed E-state index contributed by atoms with van der Waals surface area (Å²) in [6.45, 7) is 9.43.